The van der Waals surface area contributed by atoms with Gasteiger partial charge in [-0.25, -0.2) is 0 Å². The minimum atomic E-state index is -0.0199. The Morgan fingerprint density at radius 2 is 2.23 bits per heavy atom. The fourth-order valence-corrected chi connectivity index (χ4v) is 1.51. The monoisotopic (exact) mass is 183 g/mol. The summed E-state index contributed by atoms with van der Waals surface area (Å²) in [5, 5.41) is 2.82. The van der Waals surface area contributed by atoms with E-state index < -0.39 is 0 Å². The van der Waals surface area contributed by atoms with E-state index in [1.54, 1.807) is 0 Å². The molecule has 13 heavy (non-hydrogen) atoms. The number of carbonyl (C=O) groups excluding carboxylic acids is 1. The Hall–Kier alpha value is -0.830. The van der Waals surface area contributed by atoms with Crippen molar-refractivity contribution in [1.82, 2.24) is 5.32 Å². The number of methoxy groups -OCH3 is 1. The predicted octanol–water partition coefficient (Wildman–Crippen LogP) is 1.11. The van der Waals surface area contributed by atoms with E-state index >= 15 is 0 Å². The van der Waals surface area contributed by atoms with Crippen molar-refractivity contribution in [2.45, 2.75) is 19.3 Å². The zero-order valence-electron chi connectivity index (χ0n) is 8.08. The molecule has 0 aromatic heterocycles. The maximum atomic E-state index is 11.0. The van der Waals surface area contributed by atoms with Gasteiger partial charge in [0.25, 0.3) is 0 Å². The molecule has 0 atom stereocenters. The molecule has 1 N–H and O–H groups in total. The number of carbonyl (C=O) groups is 1. The lowest BCUT2D eigenvalue weighted by molar-refractivity contribution is -0.124. The molecule has 74 valence electrons. The summed E-state index contributed by atoms with van der Waals surface area (Å²) in [7, 11) is 1.53. The van der Waals surface area contributed by atoms with Gasteiger partial charge in [0.05, 0.1) is 0 Å². The summed E-state index contributed by atoms with van der Waals surface area (Å²) in [6.07, 6.45) is 7.83. The van der Waals surface area contributed by atoms with Crippen molar-refractivity contribution < 1.29 is 9.53 Å². The maximum absolute atomic E-state index is 11.0. The molecular weight excluding hydrogens is 166 g/mol. The standard InChI is InChI=1S/C10H17NO2/c1-13-8-10(12)11-7-6-9-4-2-3-5-9/h2-3,9H,4-8H2,1H3,(H,11,12). The van der Waals surface area contributed by atoms with Crippen molar-refractivity contribution in [3.8, 4) is 0 Å². The van der Waals surface area contributed by atoms with Gasteiger partial charge in [-0.1, -0.05) is 12.2 Å². The number of allylic oxidation sites excluding steroid dienone is 2. The Kier molecular flexibility index (Phi) is 4.54. The van der Waals surface area contributed by atoms with E-state index in [0.717, 1.165) is 18.9 Å². The van der Waals surface area contributed by atoms with Crippen LogP contribution in [0.25, 0.3) is 0 Å². The topological polar surface area (TPSA) is 38.3 Å². The molecule has 0 aliphatic heterocycles. The number of rotatable bonds is 5. The summed E-state index contributed by atoms with van der Waals surface area (Å²) >= 11 is 0. The molecular formula is C10H17NO2. The third-order valence-corrected chi connectivity index (χ3v) is 2.26. The third-order valence-electron chi connectivity index (χ3n) is 2.26. The number of amides is 1. The Labute approximate surface area is 79.2 Å². The Morgan fingerprint density at radius 3 is 2.85 bits per heavy atom. The fraction of sp³-hybridized carbons (Fsp3) is 0.700. The van der Waals surface area contributed by atoms with Crippen LogP contribution in [0, 0.1) is 5.92 Å². The van der Waals surface area contributed by atoms with Gasteiger partial charge >= 0.3 is 0 Å². The average molecular weight is 183 g/mol. The highest BCUT2D eigenvalue weighted by Gasteiger charge is 2.09. The first kappa shape index (κ1) is 10.3. The highest BCUT2D eigenvalue weighted by atomic mass is 16.5. The normalized spacial score (nSPS) is 16.4. The molecule has 1 rings (SSSR count). The molecule has 0 aromatic rings. The molecule has 0 fully saturated rings. The SMILES string of the molecule is COCC(=O)NCCC1CC=CC1. The summed E-state index contributed by atoms with van der Waals surface area (Å²) in [6, 6.07) is 0. The predicted molar refractivity (Wildman–Crippen MR) is 51.4 cm³/mol. The molecule has 0 aromatic carbocycles. The Balaban J connectivity index is 1.97. The van der Waals surface area contributed by atoms with Gasteiger partial charge in [-0.3, -0.25) is 4.79 Å². The molecule has 1 aliphatic carbocycles. The fourth-order valence-electron chi connectivity index (χ4n) is 1.51. The molecule has 0 unspecified atom stereocenters. The van der Waals surface area contributed by atoms with Crippen molar-refractivity contribution in [2.24, 2.45) is 5.92 Å². The summed E-state index contributed by atoms with van der Waals surface area (Å²) in [6.45, 7) is 0.942. The Morgan fingerprint density at radius 1 is 1.54 bits per heavy atom. The summed E-state index contributed by atoms with van der Waals surface area (Å²) in [5.41, 5.74) is 0. The van der Waals surface area contributed by atoms with Crippen molar-refractivity contribution in [2.75, 3.05) is 20.3 Å². The third kappa shape index (κ3) is 4.08. The zero-order valence-corrected chi connectivity index (χ0v) is 8.08. The average Bonchev–Trinajstić information content (AvgIpc) is 2.57. The van der Waals surface area contributed by atoms with E-state index in [0.29, 0.717) is 0 Å². The minimum absolute atomic E-state index is 0.0199. The lowest BCUT2D eigenvalue weighted by Crippen LogP contribution is -2.28. The van der Waals surface area contributed by atoms with E-state index in [4.69, 9.17) is 4.74 Å². The molecule has 0 saturated carbocycles. The Bertz CT molecular complexity index is 181. The van der Waals surface area contributed by atoms with Crippen LogP contribution in [0.1, 0.15) is 19.3 Å². The van der Waals surface area contributed by atoms with Crippen LogP contribution in [0.3, 0.4) is 0 Å². The van der Waals surface area contributed by atoms with E-state index in [1.807, 2.05) is 0 Å². The van der Waals surface area contributed by atoms with E-state index in [9.17, 15) is 4.79 Å². The molecule has 0 heterocycles. The summed E-state index contributed by atoms with van der Waals surface area (Å²) in [4.78, 5) is 11.0. The highest BCUT2D eigenvalue weighted by Crippen LogP contribution is 2.20. The minimum Gasteiger partial charge on any atom is -0.375 e. The lowest BCUT2D eigenvalue weighted by Gasteiger charge is -2.09. The molecule has 1 aliphatic rings. The van der Waals surface area contributed by atoms with Crippen molar-refractivity contribution >= 4 is 5.91 Å². The number of nitrogens with one attached hydrogen (secondary N) is 1. The van der Waals surface area contributed by atoms with Crippen LogP contribution in [0.2, 0.25) is 0 Å². The van der Waals surface area contributed by atoms with Crippen LogP contribution in [0.4, 0.5) is 0 Å². The van der Waals surface area contributed by atoms with Gasteiger partial charge in [-0.2, -0.15) is 0 Å². The number of hydrogen-bond donors (Lipinski definition) is 1. The van der Waals surface area contributed by atoms with Crippen LogP contribution in [-0.2, 0) is 9.53 Å². The molecule has 3 heteroatoms. The van der Waals surface area contributed by atoms with E-state index in [1.165, 1.54) is 20.0 Å². The largest absolute Gasteiger partial charge is 0.375 e. The van der Waals surface area contributed by atoms with Crippen LogP contribution in [-0.4, -0.2) is 26.2 Å². The van der Waals surface area contributed by atoms with Gasteiger partial charge < -0.3 is 10.1 Å². The molecule has 1 amide bonds. The van der Waals surface area contributed by atoms with Crippen LogP contribution in [0.15, 0.2) is 12.2 Å². The molecule has 0 spiro atoms. The summed E-state index contributed by atoms with van der Waals surface area (Å²) < 4.78 is 4.70. The highest BCUT2D eigenvalue weighted by molar-refractivity contribution is 5.77. The molecule has 3 nitrogen and oxygen atoms in total. The molecule has 0 saturated heterocycles. The first-order chi connectivity index (χ1) is 6.33. The van der Waals surface area contributed by atoms with Crippen molar-refractivity contribution in [3.05, 3.63) is 12.2 Å². The summed E-state index contributed by atoms with van der Waals surface area (Å²) in [5.74, 6) is 0.719. The second-order valence-corrected chi connectivity index (χ2v) is 3.38. The second-order valence-electron chi connectivity index (χ2n) is 3.38. The van der Waals surface area contributed by atoms with Gasteiger partial charge in [0.1, 0.15) is 6.61 Å². The van der Waals surface area contributed by atoms with Gasteiger partial charge in [-0.05, 0) is 25.2 Å². The quantitative estimate of drug-likeness (QED) is 0.648. The van der Waals surface area contributed by atoms with Crippen LogP contribution < -0.4 is 5.32 Å². The first-order valence-electron chi connectivity index (χ1n) is 4.73. The zero-order chi connectivity index (χ0) is 9.52. The van der Waals surface area contributed by atoms with Gasteiger partial charge in [0, 0.05) is 13.7 Å². The van der Waals surface area contributed by atoms with Crippen LogP contribution in [0.5, 0.6) is 0 Å². The number of ether oxygens (including phenoxy) is 1. The second kappa shape index (κ2) is 5.75. The lowest BCUT2D eigenvalue weighted by atomic mass is 10.0. The van der Waals surface area contributed by atoms with Gasteiger partial charge in [0.2, 0.25) is 5.91 Å². The van der Waals surface area contributed by atoms with Crippen LogP contribution >= 0.6 is 0 Å². The number of hydrogen-bond acceptors (Lipinski definition) is 2. The van der Waals surface area contributed by atoms with Gasteiger partial charge in [-0.15, -0.1) is 0 Å². The smallest absolute Gasteiger partial charge is 0.245 e. The molecule has 0 bridgehead atoms. The van der Waals surface area contributed by atoms with Crippen molar-refractivity contribution in [1.29, 1.82) is 0 Å². The van der Waals surface area contributed by atoms with E-state index in [2.05, 4.69) is 17.5 Å². The first-order valence-corrected chi connectivity index (χ1v) is 4.73. The maximum Gasteiger partial charge on any atom is 0.245 e. The van der Waals surface area contributed by atoms with Crippen molar-refractivity contribution in [3.63, 3.8) is 0 Å². The van der Waals surface area contributed by atoms with Gasteiger partial charge in [0.15, 0.2) is 0 Å². The van der Waals surface area contributed by atoms with E-state index in [-0.39, 0.29) is 12.5 Å². The molecule has 0 radical (unpaired) electrons.